The third kappa shape index (κ3) is 4.28. The zero-order valence-electron chi connectivity index (χ0n) is 12.7. The Morgan fingerprint density at radius 3 is 2.67 bits per heavy atom. The first-order valence-corrected chi connectivity index (χ1v) is 9.19. The Morgan fingerprint density at radius 2 is 1.95 bits per heavy atom. The molecule has 1 aromatic carbocycles. The van der Waals surface area contributed by atoms with Gasteiger partial charge in [-0.05, 0) is 43.4 Å². The Balaban J connectivity index is 2.19. The molecule has 2 rings (SSSR count). The van der Waals surface area contributed by atoms with E-state index in [1.807, 2.05) is 0 Å². The first-order chi connectivity index (χ1) is 9.90. The second-order valence-corrected chi connectivity index (χ2v) is 7.81. The standard InChI is InChI=1S/C16H25NO3S/c1-12-7-4-3-5-10-16(12)17-21(19,20)15-9-6-8-14(11-15)13(2)18/h6,8-9,11-13,16-18H,3-5,7,10H2,1-2H3. The van der Waals surface area contributed by atoms with Crippen molar-refractivity contribution < 1.29 is 13.5 Å². The third-order valence-corrected chi connectivity index (χ3v) is 5.81. The molecule has 0 aromatic heterocycles. The number of hydrogen-bond donors (Lipinski definition) is 2. The van der Waals surface area contributed by atoms with Crippen LogP contribution in [0.2, 0.25) is 0 Å². The Labute approximate surface area is 127 Å². The van der Waals surface area contributed by atoms with Gasteiger partial charge in [-0.2, -0.15) is 0 Å². The summed E-state index contributed by atoms with van der Waals surface area (Å²) < 4.78 is 27.9. The van der Waals surface area contributed by atoms with Crippen LogP contribution >= 0.6 is 0 Å². The molecule has 5 heteroatoms. The fraction of sp³-hybridized carbons (Fsp3) is 0.625. The van der Waals surface area contributed by atoms with E-state index < -0.39 is 16.1 Å². The Hall–Kier alpha value is -0.910. The first-order valence-electron chi connectivity index (χ1n) is 7.70. The second-order valence-electron chi connectivity index (χ2n) is 6.09. The molecule has 0 spiro atoms. The molecule has 1 saturated carbocycles. The lowest BCUT2D eigenvalue weighted by molar-refractivity contribution is 0.199. The first kappa shape index (κ1) is 16.5. The van der Waals surface area contributed by atoms with Crippen molar-refractivity contribution >= 4 is 10.0 Å². The molecule has 1 aliphatic carbocycles. The van der Waals surface area contributed by atoms with Crippen LogP contribution in [0.15, 0.2) is 29.2 Å². The zero-order valence-corrected chi connectivity index (χ0v) is 13.6. The molecule has 1 aliphatic rings. The van der Waals surface area contributed by atoms with Crippen LogP contribution in [-0.2, 0) is 10.0 Å². The summed E-state index contributed by atoms with van der Waals surface area (Å²) in [5, 5.41) is 9.60. The highest BCUT2D eigenvalue weighted by molar-refractivity contribution is 7.89. The van der Waals surface area contributed by atoms with Gasteiger partial charge < -0.3 is 5.11 Å². The van der Waals surface area contributed by atoms with E-state index in [0.717, 1.165) is 19.3 Å². The summed E-state index contributed by atoms with van der Waals surface area (Å²) in [5.74, 6) is 0.363. The normalized spacial score (nSPS) is 25.3. The maximum atomic E-state index is 12.5. The van der Waals surface area contributed by atoms with Gasteiger partial charge in [-0.15, -0.1) is 0 Å². The monoisotopic (exact) mass is 311 g/mol. The molecular weight excluding hydrogens is 286 g/mol. The number of rotatable bonds is 4. The van der Waals surface area contributed by atoms with Crippen molar-refractivity contribution in [1.29, 1.82) is 0 Å². The molecule has 0 saturated heterocycles. The lowest BCUT2D eigenvalue weighted by Gasteiger charge is -2.22. The van der Waals surface area contributed by atoms with Crippen molar-refractivity contribution in [3.05, 3.63) is 29.8 Å². The summed E-state index contributed by atoms with van der Waals surface area (Å²) in [6.07, 6.45) is 4.73. The molecule has 0 radical (unpaired) electrons. The molecule has 0 amide bonds. The Morgan fingerprint density at radius 1 is 1.24 bits per heavy atom. The molecule has 3 atom stereocenters. The van der Waals surface area contributed by atoms with Gasteiger partial charge in [0.25, 0.3) is 0 Å². The van der Waals surface area contributed by atoms with Crippen LogP contribution in [0.3, 0.4) is 0 Å². The number of nitrogens with one attached hydrogen (secondary N) is 1. The minimum Gasteiger partial charge on any atom is -0.389 e. The fourth-order valence-corrected chi connectivity index (χ4v) is 4.31. The SMILES string of the molecule is CC(O)c1cccc(S(=O)(=O)NC2CCCCCC2C)c1. The number of aliphatic hydroxyl groups excluding tert-OH is 1. The second kappa shape index (κ2) is 6.90. The summed E-state index contributed by atoms with van der Waals surface area (Å²) in [6.45, 7) is 3.75. The average Bonchev–Trinajstić information content (AvgIpc) is 2.64. The summed E-state index contributed by atoms with van der Waals surface area (Å²) in [5.41, 5.74) is 0.617. The van der Waals surface area contributed by atoms with Crippen LogP contribution in [0.25, 0.3) is 0 Å². The molecule has 2 N–H and O–H groups in total. The molecule has 3 unspecified atom stereocenters. The Kier molecular flexibility index (Phi) is 5.41. The predicted octanol–water partition coefficient (Wildman–Crippen LogP) is 2.99. The zero-order chi connectivity index (χ0) is 15.5. The fourth-order valence-electron chi connectivity index (χ4n) is 2.88. The highest BCUT2D eigenvalue weighted by atomic mass is 32.2. The number of sulfonamides is 1. The third-order valence-electron chi connectivity index (χ3n) is 4.32. The summed E-state index contributed by atoms with van der Waals surface area (Å²) >= 11 is 0. The predicted molar refractivity (Wildman–Crippen MR) is 83.4 cm³/mol. The number of hydrogen-bond acceptors (Lipinski definition) is 3. The van der Waals surface area contributed by atoms with Crippen LogP contribution in [0.1, 0.15) is 57.6 Å². The van der Waals surface area contributed by atoms with Crippen LogP contribution in [0.4, 0.5) is 0 Å². The van der Waals surface area contributed by atoms with Crippen molar-refractivity contribution in [1.82, 2.24) is 4.72 Å². The van der Waals surface area contributed by atoms with Gasteiger partial charge in [0, 0.05) is 6.04 Å². The summed E-state index contributed by atoms with van der Waals surface area (Å²) in [7, 11) is -3.53. The maximum absolute atomic E-state index is 12.5. The maximum Gasteiger partial charge on any atom is 0.240 e. The largest absolute Gasteiger partial charge is 0.389 e. The van der Waals surface area contributed by atoms with E-state index in [-0.39, 0.29) is 10.9 Å². The van der Waals surface area contributed by atoms with E-state index in [2.05, 4.69) is 11.6 Å². The van der Waals surface area contributed by atoms with E-state index in [0.29, 0.717) is 11.5 Å². The van der Waals surface area contributed by atoms with Crippen molar-refractivity contribution in [3.8, 4) is 0 Å². The lowest BCUT2D eigenvalue weighted by Crippen LogP contribution is -2.38. The highest BCUT2D eigenvalue weighted by Gasteiger charge is 2.26. The Bertz CT molecular complexity index is 569. The summed E-state index contributed by atoms with van der Waals surface area (Å²) in [6, 6.07) is 6.54. The van der Waals surface area contributed by atoms with Gasteiger partial charge in [0.05, 0.1) is 11.0 Å². The van der Waals surface area contributed by atoms with E-state index in [1.165, 1.54) is 12.8 Å². The number of aliphatic hydroxyl groups is 1. The van der Waals surface area contributed by atoms with E-state index in [1.54, 1.807) is 31.2 Å². The minimum atomic E-state index is -3.53. The molecule has 118 valence electrons. The van der Waals surface area contributed by atoms with Gasteiger partial charge >= 0.3 is 0 Å². The summed E-state index contributed by atoms with van der Waals surface area (Å²) in [4.78, 5) is 0.234. The van der Waals surface area contributed by atoms with Crippen LogP contribution in [0, 0.1) is 5.92 Å². The van der Waals surface area contributed by atoms with E-state index in [9.17, 15) is 13.5 Å². The van der Waals surface area contributed by atoms with Gasteiger partial charge in [-0.1, -0.05) is 38.3 Å². The molecule has 1 aromatic rings. The highest BCUT2D eigenvalue weighted by Crippen LogP contribution is 2.25. The van der Waals surface area contributed by atoms with Crippen LogP contribution in [-0.4, -0.2) is 19.6 Å². The van der Waals surface area contributed by atoms with Crippen molar-refractivity contribution in [2.24, 2.45) is 5.92 Å². The van der Waals surface area contributed by atoms with Gasteiger partial charge in [0.15, 0.2) is 0 Å². The topological polar surface area (TPSA) is 66.4 Å². The smallest absolute Gasteiger partial charge is 0.240 e. The van der Waals surface area contributed by atoms with Gasteiger partial charge in [0.1, 0.15) is 0 Å². The van der Waals surface area contributed by atoms with Gasteiger partial charge in [-0.3, -0.25) is 0 Å². The molecule has 1 fully saturated rings. The molecular formula is C16H25NO3S. The quantitative estimate of drug-likeness (QED) is 0.840. The average molecular weight is 311 g/mol. The molecule has 21 heavy (non-hydrogen) atoms. The molecule has 4 nitrogen and oxygen atoms in total. The van der Waals surface area contributed by atoms with Crippen LogP contribution < -0.4 is 4.72 Å². The minimum absolute atomic E-state index is 0.00714. The lowest BCUT2D eigenvalue weighted by atomic mass is 9.98. The number of benzene rings is 1. The van der Waals surface area contributed by atoms with Crippen molar-refractivity contribution in [3.63, 3.8) is 0 Å². The van der Waals surface area contributed by atoms with Crippen molar-refractivity contribution in [2.75, 3.05) is 0 Å². The molecule has 0 heterocycles. The van der Waals surface area contributed by atoms with Crippen molar-refractivity contribution in [2.45, 2.75) is 63.0 Å². The van der Waals surface area contributed by atoms with Gasteiger partial charge in [0.2, 0.25) is 10.0 Å². The van der Waals surface area contributed by atoms with E-state index in [4.69, 9.17) is 0 Å². The van der Waals surface area contributed by atoms with Crippen LogP contribution in [0.5, 0.6) is 0 Å². The molecule has 0 aliphatic heterocycles. The van der Waals surface area contributed by atoms with Gasteiger partial charge in [-0.25, -0.2) is 13.1 Å². The molecule has 0 bridgehead atoms. The van der Waals surface area contributed by atoms with E-state index >= 15 is 0 Å².